The molecule has 0 spiro atoms. The molecule has 0 saturated heterocycles. The topological polar surface area (TPSA) is 49.3 Å². The molecule has 0 saturated carbocycles. The predicted molar refractivity (Wildman–Crippen MR) is 52.0 cm³/mol. The van der Waals surface area contributed by atoms with Crippen molar-refractivity contribution in [3.8, 4) is 5.75 Å². The molecule has 16 heavy (non-hydrogen) atoms. The molecule has 0 bridgehead atoms. The number of alkyl halides is 3. The molecule has 1 aromatic carbocycles. The second-order valence-corrected chi connectivity index (χ2v) is 3.21. The van der Waals surface area contributed by atoms with Crippen LogP contribution in [0.4, 0.5) is 18.9 Å². The van der Waals surface area contributed by atoms with Crippen molar-refractivity contribution in [3.05, 3.63) is 24.3 Å². The van der Waals surface area contributed by atoms with Gasteiger partial charge in [-0.25, -0.2) is 0 Å². The Balaban J connectivity index is 2.46. The van der Waals surface area contributed by atoms with E-state index >= 15 is 0 Å². The first-order valence-electron chi connectivity index (χ1n) is 4.52. The molecule has 0 aliphatic heterocycles. The van der Waals surface area contributed by atoms with Crippen LogP contribution in [-0.4, -0.2) is 17.2 Å². The number of carbonyl (C=O) groups is 1. The molecule has 6 heteroatoms. The van der Waals surface area contributed by atoms with E-state index in [0.29, 0.717) is 0 Å². The quantitative estimate of drug-likeness (QED) is 0.843. The molecule has 0 unspecified atom stereocenters. The molecular weight excluding hydrogens is 223 g/mol. The van der Waals surface area contributed by atoms with Crippen LogP contribution in [0.1, 0.15) is 12.8 Å². The van der Waals surface area contributed by atoms with Crippen molar-refractivity contribution in [1.82, 2.24) is 0 Å². The van der Waals surface area contributed by atoms with E-state index < -0.39 is 24.9 Å². The number of halogens is 3. The van der Waals surface area contributed by atoms with Crippen molar-refractivity contribution in [2.24, 2.45) is 0 Å². The lowest BCUT2D eigenvalue weighted by Crippen LogP contribution is -2.16. The van der Waals surface area contributed by atoms with Crippen molar-refractivity contribution < 1.29 is 23.1 Å². The summed E-state index contributed by atoms with van der Waals surface area (Å²) in [4.78, 5) is 11.1. The molecule has 1 aromatic rings. The minimum absolute atomic E-state index is 0.0615. The fraction of sp³-hybridized carbons (Fsp3) is 0.300. The summed E-state index contributed by atoms with van der Waals surface area (Å²) < 4.78 is 35.4. The lowest BCUT2D eigenvalue weighted by molar-refractivity contribution is -0.142. The maximum Gasteiger partial charge on any atom is 0.389 e. The second kappa shape index (κ2) is 4.87. The van der Waals surface area contributed by atoms with Crippen LogP contribution in [0.5, 0.6) is 5.75 Å². The summed E-state index contributed by atoms with van der Waals surface area (Å²) in [5.41, 5.74) is 0.271. The summed E-state index contributed by atoms with van der Waals surface area (Å²) in [6.07, 6.45) is -6.12. The Morgan fingerprint density at radius 3 is 2.62 bits per heavy atom. The molecule has 0 heterocycles. The number of hydrogen-bond acceptors (Lipinski definition) is 2. The molecule has 1 amide bonds. The van der Waals surface area contributed by atoms with Crippen LogP contribution in [0, 0.1) is 0 Å². The molecule has 0 radical (unpaired) electrons. The number of anilines is 1. The van der Waals surface area contributed by atoms with Gasteiger partial charge in [0.25, 0.3) is 0 Å². The third kappa shape index (κ3) is 4.68. The highest BCUT2D eigenvalue weighted by Gasteiger charge is 2.27. The smallest absolute Gasteiger partial charge is 0.389 e. The summed E-state index contributed by atoms with van der Waals surface area (Å²) in [5, 5.41) is 11.3. The van der Waals surface area contributed by atoms with E-state index in [1.807, 2.05) is 0 Å². The average Bonchev–Trinajstić information content (AvgIpc) is 2.14. The normalized spacial score (nSPS) is 11.2. The van der Waals surface area contributed by atoms with E-state index in [-0.39, 0.29) is 11.4 Å². The summed E-state index contributed by atoms with van der Waals surface area (Å²) in [5.74, 6) is -0.795. The second-order valence-electron chi connectivity index (χ2n) is 3.21. The first-order chi connectivity index (χ1) is 7.37. The summed E-state index contributed by atoms with van der Waals surface area (Å²) >= 11 is 0. The Hall–Kier alpha value is -1.72. The van der Waals surface area contributed by atoms with Gasteiger partial charge < -0.3 is 10.4 Å². The standard InChI is InChI=1S/C10H10F3NO2/c11-10(12,13)5-4-9(16)14-7-2-1-3-8(15)6-7/h1-3,6,15H,4-5H2,(H,14,16). The Labute approximate surface area is 89.9 Å². The van der Waals surface area contributed by atoms with Crippen molar-refractivity contribution in [1.29, 1.82) is 0 Å². The number of benzene rings is 1. The van der Waals surface area contributed by atoms with Gasteiger partial charge in [0.15, 0.2) is 0 Å². The van der Waals surface area contributed by atoms with Crippen LogP contribution in [0.25, 0.3) is 0 Å². The van der Waals surface area contributed by atoms with E-state index in [1.165, 1.54) is 24.3 Å². The maximum atomic E-state index is 11.8. The largest absolute Gasteiger partial charge is 0.508 e. The zero-order valence-electron chi connectivity index (χ0n) is 8.21. The molecule has 0 fully saturated rings. The van der Waals surface area contributed by atoms with Crippen LogP contribution in [-0.2, 0) is 4.79 Å². The van der Waals surface area contributed by atoms with E-state index in [1.54, 1.807) is 0 Å². The number of hydrogen-bond donors (Lipinski definition) is 2. The minimum atomic E-state index is -4.34. The lowest BCUT2D eigenvalue weighted by Gasteiger charge is -2.07. The highest BCUT2D eigenvalue weighted by Crippen LogP contribution is 2.22. The van der Waals surface area contributed by atoms with Crippen LogP contribution in [0.15, 0.2) is 24.3 Å². The van der Waals surface area contributed by atoms with Gasteiger partial charge >= 0.3 is 6.18 Å². The average molecular weight is 233 g/mol. The lowest BCUT2D eigenvalue weighted by atomic mass is 10.2. The van der Waals surface area contributed by atoms with Crippen LogP contribution >= 0.6 is 0 Å². The Morgan fingerprint density at radius 1 is 1.38 bits per heavy atom. The van der Waals surface area contributed by atoms with Gasteiger partial charge in [-0.05, 0) is 12.1 Å². The number of amides is 1. The fourth-order valence-electron chi connectivity index (χ4n) is 1.06. The number of nitrogens with one attached hydrogen (secondary N) is 1. The van der Waals surface area contributed by atoms with Gasteiger partial charge in [-0.2, -0.15) is 13.2 Å². The zero-order valence-corrected chi connectivity index (χ0v) is 8.21. The van der Waals surface area contributed by atoms with Gasteiger partial charge in [0, 0.05) is 18.2 Å². The van der Waals surface area contributed by atoms with Gasteiger partial charge in [-0.3, -0.25) is 4.79 Å². The maximum absolute atomic E-state index is 11.8. The van der Waals surface area contributed by atoms with Gasteiger partial charge in [0.1, 0.15) is 5.75 Å². The molecule has 0 atom stereocenters. The molecule has 88 valence electrons. The minimum Gasteiger partial charge on any atom is -0.508 e. The van der Waals surface area contributed by atoms with Crippen molar-refractivity contribution in [2.45, 2.75) is 19.0 Å². The number of aromatic hydroxyl groups is 1. The number of carbonyl (C=O) groups excluding carboxylic acids is 1. The van der Waals surface area contributed by atoms with Crippen molar-refractivity contribution in [2.75, 3.05) is 5.32 Å². The third-order valence-electron chi connectivity index (χ3n) is 1.77. The van der Waals surface area contributed by atoms with Crippen LogP contribution in [0.2, 0.25) is 0 Å². The Kier molecular flexibility index (Phi) is 3.76. The molecular formula is C10H10F3NO2. The van der Waals surface area contributed by atoms with Crippen molar-refractivity contribution in [3.63, 3.8) is 0 Å². The van der Waals surface area contributed by atoms with Crippen LogP contribution < -0.4 is 5.32 Å². The molecule has 2 N–H and O–H groups in total. The Bertz CT molecular complexity index is 377. The Morgan fingerprint density at radius 2 is 2.06 bits per heavy atom. The van der Waals surface area contributed by atoms with Crippen molar-refractivity contribution >= 4 is 11.6 Å². The molecule has 0 aromatic heterocycles. The fourth-order valence-corrected chi connectivity index (χ4v) is 1.06. The molecule has 3 nitrogen and oxygen atoms in total. The van der Waals surface area contributed by atoms with E-state index in [2.05, 4.69) is 5.32 Å². The number of phenols is 1. The van der Waals surface area contributed by atoms with Gasteiger partial charge in [0.05, 0.1) is 6.42 Å². The monoisotopic (exact) mass is 233 g/mol. The first kappa shape index (κ1) is 12.4. The van der Waals surface area contributed by atoms with E-state index in [9.17, 15) is 18.0 Å². The molecule has 0 aliphatic carbocycles. The highest BCUT2D eigenvalue weighted by atomic mass is 19.4. The first-order valence-corrected chi connectivity index (χ1v) is 4.52. The van der Waals surface area contributed by atoms with E-state index in [4.69, 9.17) is 5.11 Å². The predicted octanol–water partition coefficient (Wildman–Crippen LogP) is 2.67. The highest BCUT2D eigenvalue weighted by molar-refractivity contribution is 5.90. The third-order valence-corrected chi connectivity index (χ3v) is 1.77. The molecule has 0 aliphatic rings. The SMILES string of the molecule is O=C(CCC(F)(F)F)Nc1cccc(O)c1. The summed E-state index contributed by atoms with van der Waals surface area (Å²) in [6.45, 7) is 0. The van der Waals surface area contributed by atoms with Gasteiger partial charge in [-0.1, -0.05) is 6.07 Å². The van der Waals surface area contributed by atoms with Gasteiger partial charge in [-0.15, -0.1) is 0 Å². The summed E-state index contributed by atoms with van der Waals surface area (Å²) in [7, 11) is 0. The van der Waals surface area contributed by atoms with E-state index in [0.717, 1.165) is 0 Å². The summed E-state index contributed by atoms with van der Waals surface area (Å²) in [6, 6.07) is 5.61. The molecule has 1 rings (SSSR count). The number of rotatable bonds is 3. The zero-order chi connectivity index (χ0) is 12.2. The van der Waals surface area contributed by atoms with Gasteiger partial charge in [0.2, 0.25) is 5.91 Å². The number of phenolic OH excluding ortho intramolecular Hbond substituents is 1. The van der Waals surface area contributed by atoms with Crippen LogP contribution in [0.3, 0.4) is 0 Å².